The Morgan fingerprint density at radius 1 is 1.18 bits per heavy atom. The molecule has 0 aliphatic carbocycles. The van der Waals surface area contributed by atoms with Crippen molar-refractivity contribution in [3.05, 3.63) is 35.5 Å². The summed E-state index contributed by atoms with van der Waals surface area (Å²) in [4.78, 5) is 8.58. The number of aromatic nitrogens is 2. The van der Waals surface area contributed by atoms with E-state index < -0.39 is 0 Å². The highest BCUT2D eigenvalue weighted by atomic mass is 16.5. The first-order chi connectivity index (χ1) is 8.11. The fourth-order valence-electron chi connectivity index (χ4n) is 1.60. The molecular formula is C13H15N3O. The third kappa shape index (κ3) is 2.20. The topological polar surface area (TPSA) is 61.0 Å². The minimum atomic E-state index is 0.519. The Balaban J connectivity index is 2.49. The van der Waals surface area contributed by atoms with Gasteiger partial charge in [-0.05, 0) is 37.6 Å². The van der Waals surface area contributed by atoms with Crippen LogP contribution in [0.5, 0.6) is 5.75 Å². The lowest BCUT2D eigenvalue weighted by Gasteiger charge is -2.08. The van der Waals surface area contributed by atoms with Crippen LogP contribution in [-0.2, 0) is 0 Å². The average Bonchev–Trinajstić information content (AvgIpc) is 2.32. The van der Waals surface area contributed by atoms with Crippen LogP contribution in [0.2, 0.25) is 0 Å². The molecule has 0 saturated carbocycles. The van der Waals surface area contributed by atoms with Crippen LogP contribution in [-0.4, -0.2) is 17.1 Å². The summed E-state index contributed by atoms with van der Waals surface area (Å²) in [6, 6.07) is 5.79. The van der Waals surface area contributed by atoms with Crippen molar-refractivity contribution in [2.75, 3.05) is 12.8 Å². The maximum atomic E-state index is 5.79. The first-order valence-electron chi connectivity index (χ1n) is 5.36. The number of nitrogens with zero attached hydrogens (tertiary/aromatic N) is 2. The standard InChI is InChI=1S/C13H15N3O/c1-8-6-10(17-3)4-5-11(8)13-15-7-9(2)12(14)16-13/h4-7H,1-3H3,(H2,14,15,16). The predicted molar refractivity (Wildman–Crippen MR) is 67.9 cm³/mol. The molecule has 0 bridgehead atoms. The molecule has 1 heterocycles. The van der Waals surface area contributed by atoms with Gasteiger partial charge in [-0.25, -0.2) is 9.97 Å². The number of hydrogen-bond acceptors (Lipinski definition) is 4. The van der Waals surface area contributed by atoms with Gasteiger partial charge in [0.2, 0.25) is 0 Å². The summed E-state index contributed by atoms with van der Waals surface area (Å²) in [5.41, 5.74) is 8.71. The fraction of sp³-hybridized carbons (Fsp3) is 0.231. The van der Waals surface area contributed by atoms with Gasteiger partial charge >= 0.3 is 0 Å². The van der Waals surface area contributed by atoms with Crippen molar-refractivity contribution < 1.29 is 4.74 Å². The lowest BCUT2D eigenvalue weighted by atomic mass is 10.1. The van der Waals surface area contributed by atoms with Gasteiger partial charge in [-0.15, -0.1) is 0 Å². The minimum Gasteiger partial charge on any atom is -0.497 e. The molecule has 2 aromatic rings. The van der Waals surface area contributed by atoms with Gasteiger partial charge in [0.15, 0.2) is 5.82 Å². The number of hydrogen-bond donors (Lipinski definition) is 1. The number of rotatable bonds is 2. The number of anilines is 1. The second-order valence-corrected chi connectivity index (χ2v) is 3.94. The highest BCUT2D eigenvalue weighted by molar-refractivity contribution is 5.63. The highest BCUT2D eigenvalue weighted by Gasteiger charge is 2.07. The van der Waals surface area contributed by atoms with Crippen molar-refractivity contribution in [2.24, 2.45) is 0 Å². The van der Waals surface area contributed by atoms with E-state index in [-0.39, 0.29) is 0 Å². The van der Waals surface area contributed by atoms with Crippen molar-refractivity contribution in [1.29, 1.82) is 0 Å². The molecule has 2 N–H and O–H groups in total. The van der Waals surface area contributed by atoms with Crippen LogP contribution < -0.4 is 10.5 Å². The van der Waals surface area contributed by atoms with Gasteiger partial charge in [-0.2, -0.15) is 0 Å². The molecule has 0 spiro atoms. The molecule has 4 nitrogen and oxygen atoms in total. The molecule has 0 unspecified atom stereocenters. The molecule has 0 aliphatic heterocycles. The zero-order chi connectivity index (χ0) is 12.4. The number of nitrogens with two attached hydrogens (primary N) is 1. The molecule has 1 aromatic heterocycles. The van der Waals surface area contributed by atoms with Crippen LogP contribution in [0.25, 0.3) is 11.4 Å². The average molecular weight is 229 g/mol. The summed E-state index contributed by atoms with van der Waals surface area (Å²) in [6.07, 6.45) is 1.74. The molecule has 0 saturated heterocycles. The smallest absolute Gasteiger partial charge is 0.161 e. The summed E-state index contributed by atoms with van der Waals surface area (Å²) in [5.74, 6) is 1.99. The quantitative estimate of drug-likeness (QED) is 0.858. The monoisotopic (exact) mass is 229 g/mol. The normalized spacial score (nSPS) is 10.3. The van der Waals surface area contributed by atoms with Crippen LogP contribution in [0.3, 0.4) is 0 Å². The van der Waals surface area contributed by atoms with E-state index in [1.54, 1.807) is 13.3 Å². The third-order valence-corrected chi connectivity index (χ3v) is 2.69. The Hall–Kier alpha value is -2.10. The first-order valence-corrected chi connectivity index (χ1v) is 5.36. The first kappa shape index (κ1) is 11.4. The van der Waals surface area contributed by atoms with Gasteiger partial charge in [-0.1, -0.05) is 0 Å². The Labute approximate surface area is 100 Å². The molecule has 0 fully saturated rings. The van der Waals surface area contributed by atoms with Crippen molar-refractivity contribution >= 4 is 5.82 Å². The summed E-state index contributed by atoms with van der Waals surface area (Å²) in [7, 11) is 1.65. The Morgan fingerprint density at radius 3 is 2.53 bits per heavy atom. The molecule has 88 valence electrons. The number of benzene rings is 1. The van der Waals surface area contributed by atoms with Crippen molar-refractivity contribution in [3.8, 4) is 17.1 Å². The highest BCUT2D eigenvalue weighted by Crippen LogP contribution is 2.24. The number of methoxy groups -OCH3 is 1. The number of ether oxygens (including phenoxy) is 1. The van der Waals surface area contributed by atoms with Crippen molar-refractivity contribution in [3.63, 3.8) is 0 Å². The summed E-state index contributed by atoms with van der Waals surface area (Å²) < 4.78 is 5.16. The zero-order valence-corrected chi connectivity index (χ0v) is 10.2. The van der Waals surface area contributed by atoms with E-state index in [4.69, 9.17) is 10.5 Å². The predicted octanol–water partition coefficient (Wildman–Crippen LogP) is 2.35. The Kier molecular flexibility index (Phi) is 2.95. The maximum Gasteiger partial charge on any atom is 0.161 e. The van der Waals surface area contributed by atoms with Crippen molar-refractivity contribution in [2.45, 2.75) is 13.8 Å². The van der Waals surface area contributed by atoms with Gasteiger partial charge in [-0.3, -0.25) is 0 Å². The fourth-order valence-corrected chi connectivity index (χ4v) is 1.60. The molecule has 4 heteroatoms. The SMILES string of the molecule is COc1ccc(-c2ncc(C)c(N)n2)c(C)c1. The van der Waals surface area contributed by atoms with Crippen LogP contribution in [0, 0.1) is 13.8 Å². The van der Waals surface area contributed by atoms with E-state index in [0.717, 1.165) is 22.4 Å². The van der Waals surface area contributed by atoms with Gasteiger partial charge in [0.25, 0.3) is 0 Å². The van der Waals surface area contributed by atoms with E-state index in [2.05, 4.69) is 9.97 Å². The molecule has 1 aromatic carbocycles. The van der Waals surface area contributed by atoms with Gasteiger partial charge < -0.3 is 10.5 Å². The zero-order valence-electron chi connectivity index (χ0n) is 10.2. The second kappa shape index (κ2) is 4.41. The molecule has 0 amide bonds. The minimum absolute atomic E-state index is 0.519. The molecule has 0 aliphatic rings. The van der Waals surface area contributed by atoms with E-state index in [1.165, 1.54) is 0 Å². The van der Waals surface area contributed by atoms with Crippen molar-refractivity contribution in [1.82, 2.24) is 9.97 Å². The van der Waals surface area contributed by atoms with Gasteiger partial charge in [0.1, 0.15) is 11.6 Å². The summed E-state index contributed by atoms with van der Waals surface area (Å²) in [5, 5.41) is 0. The number of nitrogen functional groups attached to an aromatic ring is 1. The van der Waals surface area contributed by atoms with E-state index >= 15 is 0 Å². The van der Waals surface area contributed by atoms with Gasteiger partial charge in [0, 0.05) is 17.3 Å². The van der Waals surface area contributed by atoms with Crippen LogP contribution in [0.1, 0.15) is 11.1 Å². The Bertz CT molecular complexity index is 552. The van der Waals surface area contributed by atoms with Crippen LogP contribution in [0.4, 0.5) is 5.82 Å². The molecular weight excluding hydrogens is 214 g/mol. The lowest BCUT2D eigenvalue weighted by Crippen LogP contribution is -1.99. The lowest BCUT2D eigenvalue weighted by molar-refractivity contribution is 0.414. The van der Waals surface area contributed by atoms with E-state index in [0.29, 0.717) is 11.6 Å². The summed E-state index contributed by atoms with van der Waals surface area (Å²) >= 11 is 0. The van der Waals surface area contributed by atoms with Gasteiger partial charge in [0.05, 0.1) is 7.11 Å². The number of aryl methyl sites for hydroxylation is 2. The third-order valence-electron chi connectivity index (χ3n) is 2.69. The molecule has 17 heavy (non-hydrogen) atoms. The summed E-state index contributed by atoms with van der Waals surface area (Å²) in [6.45, 7) is 3.89. The largest absolute Gasteiger partial charge is 0.497 e. The maximum absolute atomic E-state index is 5.79. The molecule has 2 rings (SSSR count). The Morgan fingerprint density at radius 2 is 1.94 bits per heavy atom. The van der Waals surface area contributed by atoms with E-state index in [9.17, 15) is 0 Å². The van der Waals surface area contributed by atoms with Crippen LogP contribution in [0.15, 0.2) is 24.4 Å². The molecule has 0 radical (unpaired) electrons. The second-order valence-electron chi connectivity index (χ2n) is 3.94. The van der Waals surface area contributed by atoms with E-state index in [1.807, 2.05) is 32.0 Å². The molecule has 0 atom stereocenters. The van der Waals surface area contributed by atoms with Crippen LogP contribution >= 0.6 is 0 Å².